The normalized spacial score (nSPS) is 19.3. The van der Waals surface area contributed by atoms with Crippen LogP contribution in [-0.2, 0) is 4.79 Å². The van der Waals surface area contributed by atoms with E-state index < -0.39 is 11.7 Å². The summed E-state index contributed by atoms with van der Waals surface area (Å²) in [5, 5.41) is 23.7. The fourth-order valence-electron chi connectivity index (χ4n) is 1.32. The number of hydrogen-bond acceptors (Lipinski definition) is 5. The van der Waals surface area contributed by atoms with E-state index in [9.17, 15) is 15.0 Å². The average molecular weight is 207 g/mol. The van der Waals surface area contributed by atoms with Gasteiger partial charge in [0.15, 0.2) is 5.71 Å². The molecule has 15 heavy (non-hydrogen) atoms. The Balaban J connectivity index is 2.48. The van der Waals surface area contributed by atoms with Gasteiger partial charge in [-0.3, -0.25) is 9.78 Å². The zero-order valence-electron chi connectivity index (χ0n) is 7.95. The molecule has 0 atom stereocenters. The van der Waals surface area contributed by atoms with E-state index in [1.807, 2.05) is 0 Å². The third kappa shape index (κ3) is 1.39. The molecule has 1 aromatic rings. The molecule has 0 aliphatic carbocycles. The van der Waals surface area contributed by atoms with E-state index in [4.69, 9.17) is 0 Å². The first-order valence-corrected chi connectivity index (χ1v) is 4.27. The number of carbonyl (C=O) groups is 1. The lowest BCUT2D eigenvalue weighted by Crippen LogP contribution is -2.46. The van der Waals surface area contributed by atoms with Crippen molar-refractivity contribution < 1.29 is 15.0 Å². The zero-order chi connectivity index (χ0) is 11.1. The number of carbonyl (C=O) groups excluding carboxylic acids is 1. The van der Waals surface area contributed by atoms with Crippen LogP contribution in [0, 0.1) is 0 Å². The Morgan fingerprint density at radius 2 is 2.13 bits per heavy atom. The van der Waals surface area contributed by atoms with Gasteiger partial charge in [-0.15, -0.1) is 0 Å². The number of pyridine rings is 1. The van der Waals surface area contributed by atoms with Crippen LogP contribution in [0.15, 0.2) is 29.5 Å². The van der Waals surface area contributed by atoms with Crippen molar-refractivity contribution in [3.8, 4) is 0 Å². The van der Waals surface area contributed by atoms with E-state index in [1.165, 1.54) is 13.2 Å². The quantitative estimate of drug-likeness (QED) is 0.575. The Hall–Kier alpha value is -1.79. The third-order valence-corrected chi connectivity index (χ3v) is 2.08. The number of aromatic nitrogens is 1. The summed E-state index contributed by atoms with van der Waals surface area (Å²) in [6.07, 6.45) is 1.48. The van der Waals surface area contributed by atoms with Crippen LogP contribution in [-0.4, -0.2) is 44.7 Å². The van der Waals surface area contributed by atoms with Gasteiger partial charge in [0.2, 0.25) is 0 Å². The van der Waals surface area contributed by atoms with Crippen molar-refractivity contribution in [2.24, 2.45) is 5.10 Å². The Morgan fingerprint density at radius 3 is 2.60 bits per heavy atom. The van der Waals surface area contributed by atoms with E-state index in [0.29, 0.717) is 0 Å². The van der Waals surface area contributed by atoms with Crippen LogP contribution < -0.4 is 0 Å². The van der Waals surface area contributed by atoms with E-state index in [0.717, 1.165) is 5.01 Å². The molecule has 0 spiro atoms. The molecule has 0 radical (unpaired) electrons. The Morgan fingerprint density at radius 1 is 1.40 bits per heavy atom. The number of likely N-dealkylation sites (N-methyl/N-ethyl adjacent to an activating group) is 1. The van der Waals surface area contributed by atoms with E-state index in [2.05, 4.69) is 10.1 Å². The van der Waals surface area contributed by atoms with Crippen molar-refractivity contribution in [1.29, 1.82) is 0 Å². The SMILES string of the molecule is CN1N=C(c2ccccn2)C(O)(O)C1=O. The van der Waals surface area contributed by atoms with Gasteiger partial charge in [-0.25, -0.2) is 5.01 Å². The van der Waals surface area contributed by atoms with Gasteiger partial charge in [0, 0.05) is 13.2 Å². The molecular formula is C9H9N3O3. The molecule has 1 aromatic heterocycles. The van der Waals surface area contributed by atoms with Crippen LogP contribution in [0.3, 0.4) is 0 Å². The molecule has 6 heteroatoms. The van der Waals surface area contributed by atoms with Crippen LogP contribution in [0.5, 0.6) is 0 Å². The van der Waals surface area contributed by atoms with Gasteiger partial charge in [-0.2, -0.15) is 5.10 Å². The van der Waals surface area contributed by atoms with Crippen LogP contribution >= 0.6 is 0 Å². The van der Waals surface area contributed by atoms with Crippen molar-refractivity contribution in [2.45, 2.75) is 5.79 Å². The highest BCUT2D eigenvalue weighted by molar-refractivity contribution is 6.19. The fraction of sp³-hybridized carbons (Fsp3) is 0.222. The lowest BCUT2D eigenvalue weighted by Gasteiger charge is -2.14. The van der Waals surface area contributed by atoms with Gasteiger partial charge in [0.05, 0.1) is 5.69 Å². The standard InChI is InChI=1S/C9H9N3O3/c1-12-8(13)9(14,15)7(11-12)6-4-2-3-5-10-6/h2-5,14-15H,1H3. The highest BCUT2D eigenvalue weighted by Gasteiger charge is 2.48. The minimum Gasteiger partial charge on any atom is -0.353 e. The first-order chi connectivity index (χ1) is 7.03. The summed E-state index contributed by atoms with van der Waals surface area (Å²) >= 11 is 0. The van der Waals surface area contributed by atoms with Gasteiger partial charge >= 0.3 is 5.91 Å². The summed E-state index contributed by atoms with van der Waals surface area (Å²) in [4.78, 5) is 15.2. The Kier molecular flexibility index (Phi) is 2.02. The highest BCUT2D eigenvalue weighted by Crippen LogP contribution is 2.20. The predicted octanol–water partition coefficient (Wildman–Crippen LogP) is -1.06. The van der Waals surface area contributed by atoms with Crippen molar-refractivity contribution in [2.75, 3.05) is 7.05 Å². The lowest BCUT2D eigenvalue weighted by molar-refractivity contribution is -0.166. The van der Waals surface area contributed by atoms with Crippen molar-refractivity contribution in [1.82, 2.24) is 9.99 Å². The summed E-state index contributed by atoms with van der Waals surface area (Å²) in [6.45, 7) is 0. The lowest BCUT2D eigenvalue weighted by atomic mass is 10.1. The molecule has 1 aliphatic heterocycles. The number of hydrogen-bond donors (Lipinski definition) is 2. The molecule has 0 saturated carbocycles. The van der Waals surface area contributed by atoms with Crippen LogP contribution in [0.4, 0.5) is 0 Å². The molecule has 0 unspecified atom stereocenters. The molecule has 2 rings (SSSR count). The first kappa shape index (κ1) is 9.75. The fourth-order valence-corrected chi connectivity index (χ4v) is 1.32. The van der Waals surface area contributed by atoms with E-state index in [1.54, 1.807) is 18.2 Å². The van der Waals surface area contributed by atoms with Crippen LogP contribution in [0.25, 0.3) is 0 Å². The molecule has 0 saturated heterocycles. The van der Waals surface area contributed by atoms with E-state index in [-0.39, 0.29) is 11.4 Å². The average Bonchev–Trinajstić information content (AvgIpc) is 2.43. The Labute approximate surface area is 85.5 Å². The second-order valence-corrected chi connectivity index (χ2v) is 3.16. The predicted molar refractivity (Wildman–Crippen MR) is 50.7 cm³/mol. The molecule has 2 heterocycles. The minimum atomic E-state index is -2.58. The van der Waals surface area contributed by atoms with Crippen LogP contribution in [0.1, 0.15) is 5.69 Å². The second kappa shape index (κ2) is 3.11. The summed E-state index contributed by atoms with van der Waals surface area (Å²) in [5.74, 6) is -3.47. The first-order valence-electron chi connectivity index (χ1n) is 4.27. The monoisotopic (exact) mass is 207 g/mol. The number of rotatable bonds is 1. The molecule has 0 aromatic carbocycles. The number of amides is 1. The Bertz CT molecular complexity index is 427. The number of nitrogens with zero attached hydrogens (tertiary/aromatic N) is 3. The molecule has 0 fully saturated rings. The number of aliphatic hydroxyl groups is 2. The summed E-state index contributed by atoms with van der Waals surface area (Å²) in [7, 11) is 1.35. The maximum absolute atomic E-state index is 11.3. The van der Waals surface area contributed by atoms with Crippen molar-refractivity contribution in [3.05, 3.63) is 30.1 Å². The zero-order valence-corrected chi connectivity index (χ0v) is 7.95. The smallest absolute Gasteiger partial charge is 0.309 e. The minimum absolute atomic E-state index is 0.157. The summed E-state index contributed by atoms with van der Waals surface area (Å²) in [6, 6.07) is 4.90. The molecule has 6 nitrogen and oxygen atoms in total. The largest absolute Gasteiger partial charge is 0.353 e. The maximum Gasteiger partial charge on any atom is 0.309 e. The topological polar surface area (TPSA) is 86.0 Å². The van der Waals surface area contributed by atoms with Crippen molar-refractivity contribution in [3.63, 3.8) is 0 Å². The van der Waals surface area contributed by atoms with Gasteiger partial charge in [0.1, 0.15) is 0 Å². The van der Waals surface area contributed by atoms with Gasteiger partial charge < -0.3 is 10.2 Å². The summed E-state index contributed by atoms with van der Waals surface area (Å²) < 4.78 is 0. The molecule has 1 amide bonds. The second-order valence-electron chi connectivity index (χ2n) is 3.16. The molecule has 78 valence electrons. The van der Waals surface area contributed by atoms with Gasteiger partial charge in [-0.1, -0.05) is 6.07 Å². The highest BCUT2D eigenvalue weighted by atomic mass is 16.5. The third-order valence-electron chi connectivity index (χ3n) is 2.08. The maximum atomic E-state index is 11.3. The van der Waals surface area contributed by atoms with Gasteiger partial charge in [0.25, 0.3) is 5.79 Å². The van der Waals surface area contributed by atoms with Gasteiger partial charge in [-0.05, 0) is 12.1 Å². The van der Waals surface area contributed by atoms with Crippen LogP contribution in [0.2, 0.25) is 0 Å². The molecule has 2 N–H and O–H groups in total. The van der Waals surface area contributed by atoms with Crippen molar-refractivity contribution >= 4 is 11.6 Å². The molecule has 0 bridgehead atoms. The molecular weight excluding hydrogens is 198 g/mol. The van der Waals surface area contributed by atoms with E-state index >= 15 is 0 Å². The summed E-state index contributed by atoms with van der Waals surface area (Å²) in [5.41, 5.74) is 0.107. The number of hydrazone groups is 1. The molecule has 1 aliphatic rings.